The van der Waals surface area contributed by atoms with Gasteiger partial charge in [-0.05, 0) is 12.5 Å². The number of hydrogen-bond acceptors (Lipinski definition) is 5. The third kappa shape index (κ3) is 4.12. The van der Waals surface area contributed by atoms with Crippen LogP contribution in [0.25, 0.3) is 0 Å². The molecule has 0 bridgehead atoms. The summed E-state index contributed by atoms with van der Waals surface area (Å²) in [5.41, 5.74) is 6.66. The fraction of sp³-hybridized carbons (Fsp3) is 0.588. The number of amides is 1. The zero-order valence-corrected chi connectivity index (χ0v) is 15.3. The van der Waals surface area contributed by atoms with Gasteiger partial charge in [0.05, 0.1) is 30.0 Å². The highest BCUT2D eigenvalue weighted by molar-refractivity contribution is 6.33. The van der Waals surface area contributed by atoms with E-state index in [1.54, 1.807) is 19.2 Å². The number of piperazine rings is 1. The first-order chi connectivity index (χ1) is 11.5. The minimum atomic E-state index is -0.0707. The zero-order chi connectivity index (χ0) is 17.7. The van der Waals surface area contributed by atoms with Crippen LogP contribution in [-0.4, -0.2) is 68.8 Å². The first-order valence-electron chi connectivity index (χ1n) is 8.17. The molecule has 2 N–H and O–H groups in total. The fourth-order valence-electron chi connectivity index (χ4n) is 3.04. The van der Waals surface area contributed by atoms with Crippen LogP contribution in [0.5, 0.6) is 5.75 Å². The smallest absolute Gasteiger partial charge is 0.257 e. The molecule has 2 rings (SSSR count). The molecule has 0 saturated carbocycles. The fourth-order valence-corrected chi connectivity index (χ4v) is 3.21. The van der Waals surface area contributed by atoms with Crippen LogP contribution in [0.1, 0.15) is 23.7 Å². The van der Waals surface area contributed by atoms with Crippen molar-refractivity contribution in [1.29, 1.82) is 0 Å². The molecular weight excluding hydrogens is 330 g/mol. The number of hydrogen-bond donors (Lipinski definition) is 1. The summed E-state index contributed by atoms with van der Waals surface area (Å²) >= 11 is 6.09. The van der Waals surface area contributed by atoms with Gasteiger partial charge in [-0.2, -0.15) is 0 Å². The number of nitrogens with zero attached hydrogens (tertiary/aromatic N) is 2. The maximum atomic E-state index is 12.9. The quantitative estimate of drug-likeness (QED) is 0.791. The number of methoxy groups -OCH3 is 2. The van der Waals surface area contributed by atoms with Crippen LogP contribution in [0, 0.1) is 0 Å². The second-order valence-corrected chi connectivity index (χ2v) is 6.32. The van der Waals surface area contributed by atoms with E-state index in [1.165, 1.54) is 7.11 Å². The summed E-state index contributed by atoms with van der Waals surface area (Å²) in [6, 6.07) is 3.52. The molecule has 1 amide bonds. The van der Waals surface area contributed by atoms with Gasteiger partial charge in [-0.25, -0.2) is 0 Å². The highest BCUT2D eigenvalue weighted by atomic mass is 35.5. The Labute approximate surface area is 148 Å². The van der Waals surface area contributed by atoms with E-state index in [-0.39, 0.29) is 5.91 Å². The van der Waals surface area contributed by atoms with Crippen LogP contribution in [0.2, 0.25) is 5.02 Å². The van der Waals surface area contributed by atoms with E-state index >= 15 is 0 Å². The molecule has 1 aromatic carbocycles. The lowest BCUT2D eigenvalue weighted by Crippen LogP contribution is -2.55. The van der Waals surface area contributed by atoms with Gasteiger partial charge in [0.25, 0.3) is 5.91 Å². The van der Waals surface area contributed by atoms with E-state index in [4.69, 9.17) is 26.8 Å². The molecule has 1 aliphatic rings. The number of nitrogens with two attached hydrogens (primary N) is 1. The Bertz CT molecular complexity index is 582. The predicted octanol–water partition coefficient (Wildman–Crippen LogP) is 2.11. The summed E-state index contributed by atoms with van der Waals surface area (Å²) in [6.45, 7) is 5.91. The van der Waals surface area contributed by atoms with Crippen molar-refractivity contribution < 1.29 is 14.3 Å². The lowest BCUT2D eigenvalue weighted by molar-refractivity contribution is 0.0382. The van der Waals surface area contributed by atoms with Crippen molar-refractivity contribution in [3.63, 3.8) is 0 Å². The van der Waals surface area contributed by atoms with Crippen LogP contribution in [0.4, 0.5) is 5.69 Å². The van der Waals surface area contributed by atoms with E-state index in [0.29, 0.717) is 47.8 Å². The van der Waals surface area contributed by atoms with Gasteiger partial charge in [0.2, 0.25) is 0 Å². The Morgan fingerprint density at radius 1 is 1.38 bits per heavy atom. The van der Waals surface area contributed by atoms with Crippen molar-refractivity contribution in [2.45, 2.75) is 19.4 Å². The van der Waals surface area contributed by atoms with Crippen molar-refractivity contribution in [3.05, 3.63) is 22.7 Å². The third-order valence-corrected chi connectivity index (χ3v) is 4.82. The molecular formula is C17H26ClN3O3. The first-order valence-corrected chi connectivity index (χ1v) is 8.54. The second-order valence-electron chi connectivity index (χ2n) is 5.92. The number of nitrogen functional groups attached to an aromatic ring is 1. The van der Waals surface area contributed by atoms with Crippen molar-refractivity contribution in [2.75, 3.05) is 52.7 Å². The molecule has 1 aromatic rings. The van der Waals surface area contributed by atoms with Crippen LogP contribution in [0.3, 0.4) is 0 Å². The van der Waals surface area contributed by atoms with Crippen LogP contribution in [-0.2, 0) is 4.74 Å². The standard InChI is InChI=1S/C17H26ClN3O3/c1-4-12-11-21(6-5-20(12)7-8-23-2)17(22)13-9-14(18)15(19)10-16(13)24-3/h9-10,12H,4-8,11,19H2,1-3H3. The highest BCUT2D eigenvalue weighted by Crippen LogP contribution is 2.30. The molecule has 0 spiro atoms. The minimum absolute atomic E-state index is 0.0707. The summed E-state index contributed by atoms with van der Waals surface area (Å²) < 4.78 is 10.5. The average Bonchev–Trinajstić information content (AvgIpc) is 2.61. The summed E-state index contributed by atoms with van der Waals surface area (Å²) in [5, 5.41) is 0.366. The molecule has 134 valence electrons. The number of anilines is 1. The summed E-state index contributed by atoms with van der Waals surface area (Å²) in [6.07, 6.45) is 0.979. The molecule has 1 heterocycles. The van der Waals surface area contributed by atoms with Gasteiger partial charge in [-0.3, -0.25) is 9.69 Å². The summed E-state index contributed by atoms with van der Waals surface area (Å²) in [7, 11) is 3.23. The molecule has 1 fully saturated rings. The Morgan fingerprint density at radius 2 is 2.12 bits per heavy atom. The maximum absolute atomic E-state index is 12.9. The molecule has 6 nitrogen and oxygen atoms in total. The van der Waals surface area contributed by atoms with Crippen LogP contribution >= 0.6 is 11.6 Å². The van der Waals surface area contributed by atoms with E-state index in [1.807, 2.05) is 4.90 Å². The van der Waals surface area contributed by atoms with Gasteiger partial charge in [-0.15, -0.1) is 0 Å². The van der Waals surface area contributed by atoms with Crippen LogP contribution in [0.15, 0.2) is 12.1 Å². The van der Waals surface area contributed by atoms with Gasteiger partial charge >= 0.3 is 0 Å². The molecule has 1 saturated heterocycles. The molecule has 1 unspecified atom stereocenters. The van der Waals surface area contributed by atoms with E-state index in [9.17, 15) is 4.79 Å². The van der Waals surface area contributed by atoms with Crippen molar-refractivity contribution in [1.82, 2.24) is 9.80 Å². The van der Waals surface area contributed by atoms with E-state index < -0.39 is 0 Å². The van der Waals surface area contributed by atoms with Gasteiger partial charge in [0.15, 0.2) is 0 Å². The molecule has 0 aliphatic carbocycles. The zero-order valence-electron chi connectivity index (χ0n) is 14.5. The Morgan fingerprint density at radius 3 is 2.75 bits per heavy atom. The van der Waals surface area contributed by atoms with E-state index in [0.717, 1.165) is 19.5 Å². The number of carbonyl (C=O) groups is 1. The largest absolute Gasteiger partial charge is 0.496 e. The lowest BCUT2D eigenvalue weighted by atomic mass is 10.1. The first kappa shape index (κ1) is 18.8. The summed E-state index contributed by atoms with van der Waals surface area (Å²) in [4.78, 5) is 17.2. The number of ether oxygens (including phenoxy) is 2. The molecule has 24 heavy (non-hydrogen) atoms. The summed E-state index contributed by atoms with van der Waals surface area (Å²) in [5.74, 6) is 0.385. The van der Waals surface area contributed by atoms with Crippen molar-refractivity contribution >= 4 is 23.2 Å². The maximum Gasteiger partial charge on any atom is 0.257 e. The lowest BCUT2D eigenvalue weighted by Gasteiger charge is -2.41. The molecule has 7 heteroatoms. The van der Waals surface area contributed by atoms with Crippen molar-refractivity contribution in [2.24, 2.45) is 0 Å². The monoisotopic (exact) mass is 355 g/mol. The number of rotatable bonds is 6. The average molecular weight is 356 g/mol. The molecule has 1 atom stereocenters. The number of halogens is 1. The molecule has 0 radical (unpaired) electrons. The van der Waals surface area contributed by atoms with Crippen LogP contribution < -0.4 is 10.5 Å². The minimum Gasteiger partial charge on any atom is -0.496 e. The SMILES string of the molecule is CCC1CN(C(=O)c2cc(Cl)c(N)cc2OC)CCN1CCOC. The topological polar surface area (TPSA) is 68.0 Å². The van der Waals surface area contributed by atoms with Gasteiger partial charge in [0.1, 0.15) is 5.75 Å². The number of carbonyl (C=O) groups excluding carboxylic acids is 1. The molecule has 1 aliphatic heterocycles. The Balaban J connectivity index is 2.15. The van der Waals surface area contributed by atoms with Gasteiger partial charge in [0, 0.05) is 45.4 Å². The van der Waals surface area contributed by atoms with Gasteiger partial charge in [-0.1, -0.05) is 18.5 Å². The Kier molecular flexibility index (Phi) is 6.71. The normalized spacial score (nSPS) is 18.7. The number of benzene rings is 1. The van der Waals surface area contributed by atoms with E-state index in [2.05, 4.69) is 11.8 Å². The highest BCUT2D eigenvalue weighted by Gasteiger charge is 2.30. The Hall–Kier alpha value is -1.50. The van der Waals surface area contributed by atoms with Crippen molar-refractivity contribution in [3.8, 4) is 5.75 Å². The second kappa shape index (κ2) is 8.55. The third-order valence-electron chi connectivity index (χ3n) is 4.49. The predicted molar refractivity (Wildman–Crippen MR) is 95.8 cm³/mol. The van der Waals surface area contributed by atoms with Gasteiger partial charge < -0.3 is 20.1 Å². The molecule has 0 aromatic heterocycles.